The second-order valence-electron chi connectivity index (χ2n) is 6.35. The third-order valence-electron chi connectivity index (χ3n) is 4.65. The lowest BCUT2D eigenvalue weighted by molar-refractivity contribution is 0.0942. The molecule has 6 nitrogen and oxygen atoms in total. The van der Waals surface area contributed by atoms with E-state index in [0.29, 0.717) is 18.1 Å². The molecule has 0 atom stereocenters. The normalized spacial score (nSPS) is 11.2. The number of carbonyl (C=O) groups excluding carboxylic acids is 1. The van der Waals surface area contributed by atoms with Crippen molar-refractivity contribution in [3.63, 3.8) is 0 Å². The zero-order valence-electron chi connectivity index (χ0n) is 15.0. The first-order valence-corrected chi connectivity index (χ1v) is 8.42. The van der Waals surface area contributed by atoms with Gasteiger partial charge in [0, 0.05) is 18.5 Å². The van der Waals surface area contributed by atoms with Crippen LogP contribution in [-0.2, 0) is 13.6 Å². The second kappa shape index (κ2) is 6.22. The van der Waals surface area contributed by atoms with E-state index >= 15 is 0 Å². The van der Waals surface area contributed by atoms with Crippen LogP contribution in [0.15, 0.2) is 42.5 Å². The van der Waals surface area contributed by atoms with E-state index in [4.69, 9.17) is 4.74 Å². The minimum Gasteiger partial charge on any atom is -0.497 e. The Bertz CT molecular complexity index is 1120. The lowest BCUT2D eigenvalue weighted by atomic mass is 10.2. The monoisotopic (exact) mass is 348 g/mol. The van der Waals surface area contributed by atoms with Crippen molar-refractivity contribution in [2.75, 3.05) is 7.11 Å². The van der Waals surface area contributed by atoms with E-state index < -0.39 is 0 Å². The van der Waals surface area contributed by atoms with Gasteiger partial charge < -0.3 is 19.6 Å². The Morgan fingerprint density at radius 2 is 2.12 bits per heavy atom. The second-order valence-corrected chi connectivity index (χ2v) is 6.35. The molecular weight excluding hydrogens is 328 g/mol. The number of amides is 1. The Hall–Kier alpha value is -3.28. The zero-order valence-corrected chi connectivity index (χ0v) is 15.0. The van der Waals surface area contributed by atoms with Crippen molar-refractivity contribution in [2.45, 2.75) is 13.5 Å². The van der Waals surface area contributed by atoms with E-state index in [-0.39, 0.29) is 5.91 Å². The van der Waals surface area contributed by atoms with E-state index in [2.05, 4.69) is 15.3 Å². The molecule has 0 unspecified atom stereocenters. The third kappa shape index (κ3) is 2.69. The van der Waals surface area contributed by atoms with E-state index in [1.807, 2.05) is 61.0 Å². The summed E-state index contributed by atoms with van der Waals surface area (Å²) in [6.07, 6.45) is 0. The molecule has 0 saturated carbocycles. The summed E-state index contributed by atoms with van der Waals surface area (Å²) in [4.78, 5) is 20.4. The van der Waals surface area contributed by atoms with Crippen molar-refractivity contribution in [1.82, 2.24) is 19.9 Å². The molecule has 2 N–H and O–H groups in total. The van der Waals surface area contributed by atoms with Crippen molar-refractivity contribution in [3.8, 4) is 5.75 Å². The molecule has 1 amide bonds. The average Bonchev–Trinajstić information content (AvgIpc) is 3.20. The Labute approximate surface area is 150 Å². The minimum absolute atomic E-state index is 0.124. The van der Waals surface area contributed by atoms with Crippen LogP contribution in [0.5, 0.6) is 5.75 Å². The van der Waals surface area contributed by atoms with Gasteiger partial charge in [-0.3, -0.25) is 4.79 Å². The van der Waals surface area contributed by atoms with Gasteiger partial charge >= 0.3 is 0 Å². The molecule has 26 heavy (non-hydrogen) atoms. The molecule has 4 rings (SSSR count). The lowest BCUT2D eigenvalue weighted by Gasteiger charge is -2.06. The lowest BCUT2D eigenvalue weighted by Crippen LogP contribution is -2.25. The Morgan fingerprint density at radius 1 is 1.27 bits per heavy atom. The summed E-state index contributed by atoms with van der Waals surface area (Å²) in [6, 6.07) is 13.6. The number of para-hydroxylation sites is 1. The van der Waals surface area contributed by atoms with Gasteiger partial charge in [0.15, 0.2) is 0 Å². The number of nitrogens with zero attached hydrogens (tertiary/aromatic N) is 2. The number of methoxy groups -OCH3 is 1. The predicted octanol–water partition coefficient (Wildman–Crippen LogP) is 3.30. The van der Waals surface area contributed by atoms with E-state index in [1.54, 1.807) is 7.11 Å². The SMILES string of the molecule is COc1ccc2nc(CNC(=O)c3cc4cccc(C)c4n3C)[nH]c2c1. The Kier molecular flexibility index (Phi) is 3.88. The highest BCUT2D eigenvalue weighted by molar-refractivity contribution is 5.99. The fraction of sp³-hybridized carbons (Fsp3) is 0.200. The largest absolute Gasteiger partial charge is 0.497 e. The highest BCUT2D eigenvalue weighted by Crippen LogP contribution is 2.22. The van der Waals surface area contributed by atoms with E-state index in [9.17, 15) is 4.79 Å². The topological polar surface area (TPSA) is 71.9 Å². The average molecular weight is 348 g/mol. The van der Waals surface area contributed by atoms with Crippen LogP contribution in [0, 0.1) is 6.92 Å². The molecule has 0 fully saturated rings. The number of hydrogen-bond acceptors (Lipinski definition) is 3. The molecule has 4 aromatic rings. The van der Waals surface area contributed by atoms with Gasteiger partial charge in [-0.1, -0.05) is 18.2 Å². The van der Waals surface area contributed by atoms with Crippen LogP contribution in [0.3, 0.4) is 0 Å². The standard InChI is InChI=1S/C20H20N4O2/c1-12-5-4-6-13-9-17(24(2)19(12)13)20(25)21-11-18-22-15-8-7-14(26-3)10-16(15)23-18/h4-10H,11H2,1-3H3,(H,21,25)(H,22,23). The van der Waals surface area contributed by atoms with Crippen LogP contribution in [0.2, 0.25) is 0 Å². The summed E-state index contributed by atoms with van der Waals surface area (Å²) in [5.74, 6) is 1.35. The number of benzene rings is 2. The first-order chi connectivity index (χ1) is 12.6. The highest BCUT2D eigenvalue weighted by atomic mass is 16.5. The highest BCUT2D eigenvalue weighted by Gasteiger charge is 2.15. The number of aryl methyl sites for hydroxylation is 2. The summed E-state index contributed by atoms with van der Waals surface area (Å²) in [5, 5.41) is 4.00. The Balaban J connectivity index is 1.56. The van der Waals surface area contributed by atoms with Crippen molar-refractivity contribution in [3.05, 3.63) is 59.5 Å². The first-order valence-electron chi connectivity index (χ1n) is 8.42. The summed E-state index contributed by atoms with van der Waals surface area (Å²) in [7, 11) is 3.54. The molecule has 2 aromatic carbocycles. The number of imidazole rings is 1. The number of fused-ring (bicyclic) bond motifs is 2. The summed E-state index contributed by atoms with van der Waals surface area (Å²) >= 11 is 0. The third-order valence-corrected chi connectivity index (χ3v) is 4.65. The van der Waals surface area contributed by atoms with Crippen LogP contribution >= 0.6 is 0 Å². The van der Waals surface area contributed by atoms with Gasteiger partial charge in [-0.2, -0.15) is 0 Å². The van der Waals surface area contributed by atoms with Gasteiger partial charge in [0.05, 0.1) is 30.2 Å². The number of aromatic amines is 1. The van der Waals surface area contributed by atoms with Gasteiger partial charge in [0.2, 0.25) is 0 Å². The molecule has 0 radical (unpaired) electrons. The number of ether oxygens (including phenoxy) is 1. The maximum atomic E-state index is 12.6. The van der Waals surface area contributed by atoms with Crippen LogP contribution in [-0.4, -0.2) is 27.6 Å². The molecule has 0 aliphatic heterocycles. The maximum absolute atomic E-state index is 12.6. The van der Waals surface area contributed by atoms with Crippen molar-refractivity contribution in [1.29, 1.82) is 0 Å². The molecule has 2 heterocycles. The Morgan fingerprint density at radius 3 is 2.88 bits per heavy atom. The van der Waals surface area contributed by atoms with Crippen LogP contribution in [0.1, 0.15) is 21.9 Å². The smallest absolute Gasteiger partial charge is 0.268 e. The minimum atomic E-state index is -0.124. The quantitative estimate of drug-likeness (QED) is 0.594. The van der Waals surface area contributed by atoms with Gasteiger partial charge in [-0.05, 0) is 30.7 Å². The van der Waals surface area contributed by atoms with Crippen LogP contribution in [0.4, 0.5) is 0 Å². The van der Waals surface area contributed by atoms with Gasteiger partial charge in [0.1, 0.15) is 17.3 Å². The van der Waals surface area contributed by atoms with Crippen molar-refractivity contribution < 1.29 is 9.53 Å². The number of nitrogens with one attached hydrogen (secondary N) is 2. The number of hydrogen-bond donors (Lipinski definition) is 2. The maximum Gasteiger partial charge on any atom is 0.268 e. The number of aromatic nitrogens is 3. The molecule has 0 saturated heterocycles. The number of rotatable bonds is 4. The van der Waals surface area contributed by atoms with Gasteiger partial charge in [0.25, 0.3) is 5.91 Å². The fourth-order valence-corrected chi connectivity index (χ4v) is 3.35. The van der Waals surface area contributed by atoms with Crippen molar-refractivity contribution in [2.24, 2.45) is 7.05 Å². The fourth-order valence-electron chi connectivity index (χ4n) is 3.35. The molecular formula is C20H20N4O2. The van der Waals surface area contributed by atoms with Crippen LogP contribution in [0.25, 0.3) is 21.9 Å². The van der Waals surface area contributed by atoms with Gasteiger partial charge in [-0.25, -0.2) is 4.98 Å². The van der Waals surface area contributed by atoms with Crippen molar-refractivity contribution >= 4 is 27.8 Å². The van der Waals surface area contributed by atoms with E-state index in [0.717, 1.165) is 33.2 Å². The van der Waals surface area contributed by atoms with E-state index in [1.165, 1.54) is 0 Å². The molecule has 0 aliphatic carbocycles. The summed E-state index contributed by atoms with van der Waals surface area (Å²) < 4.78 is 7.15. The summed E-state index contributed by atoms with van der Waals surface area (Å²) in [6.45, 7) is 2.38. The summed E-state index contributed by atoms with van der Waals surface area (Å²) in [5.41, 5.74) is 4.58. The zero-order chi connectivity index (χ0) is 18.3. The predicted molar refractivity (Wildman–Crippen MR) is 101 cm³/mol. The molecule has 0 spiro atoms. The number of carbonyl (C=O) groups is 1. The molecule has 132 valence electrons. The van der Waals surface area contributed by atoms with Crippen LogP contribution < -0.4 is 10.1 Å². The van der Waals surface area contributed by atoms with Gasteiger partial charge in [-0.15, -0.1) is 0 Å². The molecule has 0 aliphatic rings. The number of H-pyrrole nitrogens is 1. The first kappa shape index (κ1) is 16.2. The molecule has 6 heteroatoms. The molecule has 2 aromatic heterocycles. The molecule has 0 bridgehead atoms.